The van der Waals surface area contributed by atoms with Gasteiger partial charge in [0, 0.05) is 17.3 Å². The third-order valence-electron chi connectivity index (χ3n) is 4.55. The average molecular weight is 244 g/mol. The highest BCUT2D eigenvalue weighted by Gasteiger charge is 2.44. The van der Waals surface area contributed by atoms with Crippen molar-refractivity contribution in [3.05, 3.63) is 96.2 Å². The Morgan fingerprint density at radius 2 is 1.16 bits per heavy atom. The van der Waals surface area contributed by atoms with Gasteiger partial charge in [0.1, 0.15) is 0 Å². The van der Waals surface area contributed by atoms with Crippen LogP contribution in [0.15, 0.2) is 96.2 Å². The van der Waals surface area contributed by atoms with Crippen LogP contribution in [0.4, 0.5) is 0 Å². The Morgan fingerprint density at radius 3 is 1.68 bits per heavy atom. The monoisotopic (exact) mass is 244 g/mol. The van der Waals surface area contributed by atoms with Gasteiger partial charge in [0.2, 0.25) is 0 Å². The van der Waals surface area contributed by atoms with E-state index < -0.39 is 0 Å². The van der Waals surface area contributed by atoms with Crippen molar-refractivity contribution >= 4 is 0 Å². The van der Waals surface area contributed by atoms with Crippen molar-refractivity contribution < 1.29 is 0 Å². The molecule has 19 heavy (non-hydrogen) atoms. The lowest BCUT2D eigenvalue weighted by atomic mass is 9.57. The van der Waals surface area contributed by atoms with Crippen molar-refractivity contribution in [1.82, 2.24) is 0 Å². The van der Waals surface area contributed by atoms with Gasteiger partial charge >= 0.3 is 0 Å². The van der Waals surface area contributed by atoms with Crippen LogP contribution in [0.25, 0.3) is 0 Å². The molecule has 0 aromatic heterocycles. The summed E-state index contributed by atoms with van der Waals surface area (Å²) in [5.41, 5.74) is 2.90. The summed E-state index contributed by atoms with van der Waals surface area (Å²) >= 11 is 0. The van der Waals surface area contributed by atoms with E-state index in [1.165, 1.54) is 11.1 Å². The summed E-state index contributed by atoms with van der Waals surface area (Å²) in [6.07, 6.45) is 31.5. The maximum Gasteiger partial charge on any atom is 0.0274 e. The minimum Gasteiger partial charge on any atom is -0.0758 e. The summed E-state index contributed by atoms with van der Waals surface area (Å²) in [5.74, 6) is 0.896. The van der Waals surface area contributed by atoms with Gasteiger partial charge in [-0.2, -0.15) is 0 Å². The molecule has 0 aliphatic heterocycles. The lowest BCUT2D eigenvalue weighted by Gasteiger charge is -2.45. The first-order valence-electron chi connectivity index (χ1n) is 6.89. The van der Waals surface area contributed by atoms with Crippen LogP contribution in [0, 0.1) is 17.3 Å². The highest BCUT2D eigenvalue weighted by Crippen LogP contribution is 2.52. The van der Waals surface area contributed by atoms with E-state index in [9.17, 15) is 0 Å². The van der Waals surface area contributed by atoms with Crippen LogP contribution in [0.1, 0.15) is 0 Å². The van der Waals surface area contributed by atoms with Crippen LogP contribution >= 0.6 is 0 Å². The number of hydrogen-bond acceptors (Lipinski definition) is 0. The van der Waals surface area contributed by atoms with E-state index in [4.69, 9.17) is 0 Å². The van der Waals surface area contributed by atoms with Gasteiger partial charge in [-0.25, -0.2) is 0 Å². The summed E-state index contributed by atoms with van der Waals surface area (Å²) in [6.45, 7) is 0. The molecule has 0 saturated heterocycles. The smallest absolute Gasteiger partial charge is 0.0274 e. The first-order chi connectivity index (χ1) is 9.40. The van der Waals surface area contributed by atoms with Gasteiger partial charge in [-0.15, -0.1) is 0 Å². The summed E-state index contributed by atoms with van der Waals surface area (Å²) in [6, 6.07) is 0. The molecule has 2 atom stereocenters. The third-order valence-corrected chi connectivity index (χ3v) is 4.55. The minimum atomic E-state index is 0.0662. The van der Waals surface area contributed by atoms with Gasteiger partial charge in [-0.3, -0.25) is 0 Å². The number of rotatable bonds is 0. The minimum absolute atomic E-state index is 0.0662. The predicted octanol–water partition coefficient (Wildman–Crippen LogP) is 4.45. The van der Waals surface area contributed by atoms with Gasteiger partial charge in [-0.05, 0) is 11.1 Å². The molecular weight excluding hydrogens is 228 g/mol. The Hall–Kier alpha value is -2.08. The molecule has 0 heterocycles. The molecule has 2 unspecified atom stereocenters. The third kappa shape index (κ3) is 1.46. The van der Waals surface area contributed by atoms with Crippen LogP contribution in [0.3, 0.4) is 0 Å². The van der Waals surface area contributed by atoms with Crippen LogP contribution in [0.5, 0.6) is 0 Å². The molecule has 0 amide bonds. The lowest BCUT2D eigenvalue weighted by molar-refractivity contribution is 0.324. The molecule has 0 bridgehead atoms. The van der Waals surface area contributed by atoms with Crippen molar-refractivity contribution in [3.8, 4) is 0 Å². The Morgan fingerprint density at radius 1 is 0.632 bits per heavy atom. The van der Waals surface area contributed by atoms with E-state index in [1.807, 2.05) is 0 Å². The van der Waals surface area contributed by atoms with Gasteiger partial charge in [-0.1, -0.05) is 85.1 Å². The summed E-state index contributed by atoms with van der Waals surface area (Å²) in [4.78, 5) is 0. The van der Waals surface area contributed by atoms with E-state index in [1.54, 1.807) is 0 Å². The second-order valence-corrected chi connectivity index (χ2v) is 5.49. The molecule has 0 aromatic carbocycles. The van der Waals surface area contributed by atoms with E-state index in [2.05, 4.69) is 85.1 Å². The standard InChI is InChI=1S/C19H16/c1-3-11-17-15(7-1)9-5-13-19(17)14-6-10-16-8-2-4-12-18(16)19/h1-14,17-18H. The fourth-order valence-electron chi connectivity index (χ4n) is 3.66. The van der Waals surface area contributed by atoms with Crippen molar-refractivity contribution in [1.29, 1.82) is 0 Å². The normalized spacial score (nSPS) is 37.1. The van der Waals surface area contributed by atoms with E-state index in [0.717, 1.165) is 0 Å². The molecule has 0 nitrogen and oxygen atoms in total. The second-order valence-electron chi connectivity index (χ2n) is 5.49. The van der Waals surface area contributed by atoms with Crippen molar-refractivity contribution in [2.75, 3.05) is 0 Å². The fourth-order valence-corrected chi connectivity index (χ4v) is 3.66. The Kier molecular flexibility index (Phi) is 2.25. The zero-order chi connectivity index (χ0) is 12.7. The predicted molar refractivity (Wildman–Crippen MR) is 80.4 cm³/mol. The van der Waals surface area contributed by atoms with Crippen LogP contribution in [-0.4, -0.2) is 0 Å². The van der Waals surface area contributed by atoms with Crippen LogP contribution in [-0.2, 0) is 0 Å². The van der Waals surface area contributed by atoms with Crippen molar-refractivity contribution in [3.63, 3.8) is 0 Å². The quantitative estimate of drug-likeness (QED) is 0.590. The molecule has 1 spiro atoms. The summed E-state index contributed by atoms with van der Waals surface area (Å²) in [5, 5.41) is 0. The van der Waals surface area contributed by atoms with Crippen LogP contribution < -0.4 is 0 Å². The van der Waals surface area contributed by atoms with Gasteiger partial charge < -0.3 is 0 Å². The molecule has 0 N–H and O–H groups in total. The fraction of sp³-hybridized carbons (Fsp3) is 0.158. The first kappa shape index (κ1) is 10.8. The maximum absolute atomic E-state index is 2.38. The Bertz CT molecular complexity index is 584. The molecule has 0 fully saturated rings. The van der Waals surface area contributed by atoms with Crippen LogP contribution in [0.2, 0.25) is 0 Å². The zero-order valence-electron chi connectivity index (χ0n) is 10.7. The van der Waals surface area contributed by atoms with Crippen molar-refractivity contribution in [2.45, 2.75) is 0 Å². The van der Waals surface area contributed by atoms with Gasteiger partial charge in [0.15, 0.2) is 0 Å². The van der Waals surface area contributed by atoms with Gasteiger partial charge in [0.05, 0.1) is 0 Å². The zero-order valence-corrected chi connectivity index (χ0v) is 10.7. The maximum atomic E-state index is 2.38. The molecule has 0 saturated carbocycles. The summed E-state index contributed by atoms with van der Waals surface area (Å²) < 4.78 is 0. The molecule has 4 rings (SSSR count). The number of hydrogen-bond donors (Lipinski definition) is 0. The molecule has 4 aliphatic carbocycles. The first-order valence-corrected chi connectivity index (χ1v) is 6.89. The van der Waals surface area contributed by atoms with E-state index >= 15 is 0 Å². The van der Waals surface area contributed by atoms with Crippen molar-refractivity contribution in [2.24, 2.45) is 17.3 Å². The highest BCUT2D eigenvalue weighted by molar-refractivity contribution is 5.51. The SMILES string of the molecule is C1=CC2=CC=CC3(C=CC=C4C=CC=CC43)C2C=C1. The topological polar surface area (TPSA) is 0 Å². The Balaban J connectivity index is 1.86. The van der Waals surface area contributed by atoms with E-state index in [-0.39, 0.29) is 5.41 Å². The highest BCUT2D eigenvalue weighted by atomic mass is 14.5. The molecule has 92 valence electrons. The van der Waals surface area contributed by atoms with E-state index in [0.29, 0.717) is 11.8 Å². The Labute approximate surface area is 114 Å². The second kappa shape index (κ2) is 3.96. The lowest BCUT2D eigenvalue weighted by Crippen LogP contribution is -2.38. The average Bonchev–Trinajstić information content (AvgIpc) is 2.48. The largest absolute Gasteiger partial charge is 0.0758 e. The molecular formula is C19H16. The van der Waals surface area contributed by atoms with Gasteiger partial charge in [0.25, 0.3) is 0 Å². The number of allylic oxidation sites excluding steroid dienone is 16. The summed E-state index contributed by atoms with van der Waals surface area (Å²) in [7, 11) is 0. The molecule has 0 heteroatoms. The number of fused-ring (bicyclic) bond motifs is 4. The molecule has 0 radical (unpaired) electrons. The molecule has 0 aromatic rings. The molecule has 4 aliphatic rings.